The van der Waals surface area contributed by atoms with Crippen LogP contribution in [0.2, 0.25) is 5.02 Å². The maximum absolute atomic E-state index is 11.2. The number of nitrogens with zero attached hydrogens (tertiary/aromatic N) is 1. The standard InChI is InChI=1S/C14H12ClNO2S2/c15-9-3-5-10(6-4-9)19-7-11-16-12(8-1-2-8)13(20-11)14(17)18/h3-6,8H,1-2,7H2,(H,17,18). The molecule has 1 fully saturated rings. The Bertz CT molecular complexity index is 635. The number of benzene rings is 1. The summed E-state index contributed by atoms with van der Waals surface area (Å²) in [6.07, 6.45) is 2.13. The van der Waals surface area contributed by atoms with Crippen LogP contribution in [-0.4, -0.2) is 16.1 Å². The van der Waals surface area contributed by atoms with Crippen LogP contribution in [-0.2, 0) is 5.75 Å². The van der Waals surface area contributed by atoms with E-state index >= 15 is 0 Å². The molecule has 1 aliphatic rings. The van der Waals surface area contributed by atoms with Gasteiger partial charge in [0.2, 0.25) is 0 Å². The number of aromatic carboxylic acids is 1. The number of hydrogen-bond donors (Lipinski definition) is 1. The lowest BCUT2D eigenvalue weighted by molar-refractivity contribution is 0.0700. The molecule has 1 saturated carbocycles. The fourth-order valence-corrected chi connectivity index (χ4v) is 3.91. The fourth-order valence-electron chi connectivity index (χ4n) is 1.90. The predicted molar refractivity (Wildman–Crippen MR) is 82.1 cm³/mol. The summed E-state index contributed by atoms with van der Waals surface area (Å²) >= 11 is 8.79. The zero-order chi connectivity index (χ0) is 14.1. The van der Waals surface area contributed by atoms with E-state index in [0.717, 1.165) is 28.4 Å². The minimum absolute atomic E-state index is 0.367. The van der Waals surface area contributed by atoms with E-state index in [1.54, 1.807) is 11.8 Å². The summed E-state index contributed by atoms with van der Waals surface area (Å²) in [6.45, 7) is 0. The van der Waals surface area contributed by atoms with E-state index in [1.165, 1.54) is 11.3 Å². The Hall–Kier alpha value is -1.04. The van der Waals surface area contributed by atoms with E-state index in [1.807, 2.05) is 24.3 Å². The molecule has 2 aromatic rings. The van der Waals surface area contributed by atoms with Crippen molar-refractivity contribution >= 4 is 40.7 Å². The van der Waals surface area contributed by atoms with Crippen LogP contribution in [0.1, 0.15) is 39.1 Å². The summed E-state index contributed by atoms with van der Waals surface area (Å²) in [6, 6.07) is 7.62. The van der Waals surface area contributed by atoms with Crippen LogP contribution in [0, 0.1) is 0 Å². The first-order valence-corrected chi connectivity index (χ1v) is 8.43. The van der Waals surface area contributed by atoms with Crippen molar-refractivity contribution in [1.29, 1.82) is 0 Å². The van der Waals surface area contributed by atoms with Gasteiger partial charge in [-0.15, -0.1) is 23.1 Å². The lowest BCUT2D eigenvalue weighted by Crippen LogP contribution is -1.97. The molecule has 0 spiro atoms. The predicted octanol–water partition coefficient (Wildman–Crippen LogP) is 4.66. The Kier molecular flexibility index (Phi) is 4.01. The Morgan fingerprint density at radius 3 is 2.70 bits per heavy atom. The van der Waals surface area contributed by atoms with E-state index in [0.29, 0.717) is 21.6 Å². The smallest absolute Gasteiger partial charge is 0.347 e. The fraction of sp³-hybridized carbons (Fsp3) is 0.286. The monoisotopic (exact) mass is 325 g/mol. The van der Waals surface area contributed by atoms with E-state index < -0.39 is 5.97 Å². The number of carbonyl (C=O) groups is 1. The maximum Gasteiger partial charge on any atom is 0.347 e. The molecule has 3 nitrogen and oxygen atoms in total. The minimum atomic E-state index is -0.854. The van der Waals surface area contributed by atoms with Gasteiger partial charge in [-0.05, 0) is 37.1 Å². The third-order valence-electron chi connectivity index (χ3n) is 3.03. The number of carboxylic acids is 1. The molecule has 3 rings (SSSR count). The van der Waals surface area contributed by atoms with Crippen molar-refractivity contribution < 1.29 is 9.90 Å². The van der Waals surface area contributed by atoms with Gasteiger partial charge in [0.15, 0.2) is 0 Å². The molecule has 104 valence electrons. The third kappa shape index (κ3) is 3.16. The van der Waals surface area contributed by atoms with Gasteiger partial charge < -0.3 is 5.11 Å². The largest absolute Gasteiger partial charge is 0.477 e. The topological polar surface area (TPSA) is 50.2 Å². The molecular formula is C14H12ClNO2S2. The molecule has 0 aliphatic heterocycles. The average molecular weight is 326 g/mol. The van der Waals surface area contributed by atoms with Gasteiger partial charge in [-0.1, -0.05) is 11.6 Å². The van der Waals surface area contributed by atoms with E-state index in [9.17, 15) is 9.90 Å². The van der Waals surface area contributed by atoms with Crippen molar-refractivity contribution in [2.24, 2.45) is 0 Å². The summed E-state index contributed by atoms with van der Waals surface area (Å²) in [5.41, 5.74) is 0.786. The van der Waals surface area contributed by atoms with Gasteiger partial charge in [0, 0.05) is 15.8 Å². The third-order valence-corrected chi connectivity index (χ3v) is 5.55. The number of thiazole rings is 1. The quantitative estimate of drug-likeness (QED) is 0.812. The molecule has 1 aromatic carbocycles. The highest BCUT2D eigenvalue weighted by Gasteiger charge is 2.31. The average Bonchev–Trinajstić information content (AvgIpc) is 3.18. The van der Waals surface area contributed by atoms with Crippen molar-refractivity contribution in [2.75, 3.05) is 0 Å². The highest BCUT2D eigenvalue weighted by Crippen LogP contribution is 2.43. The molecule has 1 heterocycles. The summed E-state index contributed by atoms with van der Waals surface area (Å²) in [5, 5.41) is 10.8. The van der Waals surface area contributed by atoms with Crippen LogP contribution in [0.4, 0.5) is 0 Å². The second-order valence-electron chi connectivity index (χ2n) is 4.64. The molecule has 1 aromatic heterocycles. The van der Waals surface area contributed by atoms with Crippen LogP contribution in [0.15, 0.2) is 29.2 Å². The Balaban J connectivity index is 1.72. The molecule has 0 saturated heterocycles. The number of halogens is 1. The SMILES string of the molecule is O=C(O)c1sc(CSc2ccc(Cl)cc2)nc1C1CC1. The van der Waals surface area contributed by atoms with Crippen molar-refractivity contribution in [3.05, 3.63) is 44.9 Å². The van der Waals surface area contributed by atoms with Crippen LogP contribution in [0.25, 0.3) is 0 Å². The maximum atomic E-state index is 11.2. The van der Waals surface area contributed by atoms with E-state index in [-0.39, 0.29) is 0 Å². The molecule has 0 unspecified atom stereocenters. The van der Waals surface area contributed by atoms with E-state index in [2.05, 4.69) is 4.98 Å². The first-order valence-electron chi connectivity index (χ1n) is 6.25. The molecule has 0 radical (unpaired) electrons. The van der Waals surface area contributed by atoms with Gasteiger partial charge in [0.25, 0.3) is 0 Å². The normalized spacial score (nSPS) is 14.4. The van der Waals surface area contributed by atoms with Gasteiger partial charge in [0.1, 0.15) is 9.88 Å². The lowest BCUT2D eigenvalue weighted by Gasteiger charge is -1.98. The number of aromatic nitrogens is 1. The van der Waals surface area contributed by atoms with Crippen LogP contribution >= 0.6 is 34.7 Å². The molecule has 1 N–H and O–H groups in total. The second kappa shape index (κ2) is 5.76. The van der Waals surface area contributed by atoms with Gasteiger partial charge in [0.05, 0.1) is 11.4 Å². The van der Waals surface area contributed by atoms with Gasteiger partial charge in [-0.25, -0.2) is 9.78 Å². The number of thioether (sulfide) groups is 1. The first kappa shape index (κ1) is 13.9. The van der Waals surface area contributed by atoms with Gasteiger partial charge >= 0.3 is 5.97 Å². The number of rotatable bonds is 5. The highest BCUT2D eigenvalue weighted by atomic mass is 35.5. The van der Waals surface area contributed by atoms with Crippen LogP contribution in [0.5, 0.6) is 0 Å². The highest BCUT2D eigenvalue weighted by molar-refractivity contribution is 7.98. The van der Waals surface area contributed by atoms with Crippen molar-refractivity contribution in [3.8, 4) is 0 Å². The zero-order valence-electron chi connectivity index (χ0n) is 10.5. The molecule has 6 heteroatoms. The Morgan fingerprint density at radius 2 is 2.10 bits per heavy atom. The second-order valence-corrected chi connectivity index (χ2v) is 7.21. The number of carboxylic acid groups (broad SMARTS) is 1. The summed E-state index contributed by atoms with van der Waals surface area (Å²) in [7, 11) is 0. The minimum Gasteiger partial charge on any atom is -0.477 e. The van der Waals surface area contributed by atoms with Crippen LogP contribution in [0.3, 0.4) is 0 Å². The number of hydrogen-bond acceptors (Lipinski definition) is 4. The Morgan fingerprint density at radius 1 is 1.40 bits per heavy atom. The molecule has 1 aliphatic carbocycles. The molecular weight excluding hydrogens is 314 g/mol. The molecule has 0 atom stereocenters. The first-order chi connectivity index (χ1) is 9.63. The van der Waals surface area contributed by atoms with Gasteiger partial charge in [-0.3, -0.25) is 0 Å². The molecule has 0 bridgehead atoms. The van der Waals surface area contributed by atoms with Crippen molar-refractivity contribution in [2.45, 2.75) is 29.4 Å². The van der Waals surface area contributed by atoms with E-state index in [4.69, 9.17) is 11.6 Å². The van der Waals surface area contributed by atoms with Gasteiger partial charge in [-0.2, -0.15) is 0 Å². The van der Waals surface area contributed by atoms with Crippen molar-refractivity contribution in [1.82, 2.24) is 4.98 Å². The Labute approximate surface area is 130 Å². The lowest BCUT2D eigenvalue weighted by atomic mass is 10.2. The summed E-state index contributed by atoms with van der Waals surface area (Å²) in [5.74, 6) is 0.207. The van der Waals surface area contributed by atoms with Crippen molar-refractivity contribution in [3.63, 3.8) is 0 Å². The zero-order valence-corrected chi connectivity index (χ0v) is 12.9. The molecule has 0 amide bonds. The molecule has 20 heavy (non-hydrogen) atoms. The summed E-state index contributed by atoms with van der Waals surface area (Å²) in [4.78, 5) is 17.3. The summed E-state index contributed by atoms with van der Waals surface area (Å²) < 4.78 is 0. The van der Waals surface area contributed by atoms with Crippen LogP contribution < -0.4 is 0 Å².